The second-order valence-corrected chi connectivity index (χ2v) is 5.39. The standard InChI is InChI=1S/C20H19NO4/c1-23-16-12-19(24-2)17(20(13-16)25-3)11-10-15-9-8-14-6-4-5-7-18(14)21(15)22/h4-13H,1-3H3/b11-10+. The molecule has 2 aromatic carbocycles. The van der Waals surface area contributed by atoms with Crippen LogP contribution in [-0.4, -0.2) is 21.3 Å². The highest BCUT2D eigenvalue weighted by Gasteiger charge is 2.12. The van der Waals surface area contributed by atoms with Crippen molar-refractivity contribution in [1.29, 1.82) is 0 Å². The highest BCUT2D eigenvalue weighted by Crippen LogP contribution is 2.35. The largest absolute Gasteiger partial charge is 0.618 e. The molecule has 1 heterocycles. The summed E-state index contributed by atoms with van der Waals surface area (Å²) in [4.78, 5) is 0. The van der Waals surface area contributed by atoms with Gasteiger partial charge in [-0.1, -0.05) is 12.1 Å². The van der Waals surface area contributed by atoms with E-state index < -0.39 is 0 Å². The third-order valence-electron chi connectivity index (χ3n) is 4.00. The van der Waals surface area contributed by atoms with Crippen molar-refractivity contribution in [2.45, 2.75) is 0 Å². The van der Waals surface area contributed by atoms with Gasteiger partial charge in [-0.2, -0.15) is 4.73 Å². The van der Waals surface area contributed by atoms with E-state index in [1.54, 1.807) is 57.7 Å². The molecular formula is C20H19NO4. The Hall–Kier alpha value is -3.21. The van der Waals surface area contributed by atoms with Crippen molar-refractivity contribution in [3.05, 3.63) is 65.0 Å². The van der Waals surface area contributed by atoms with Gasteiger partial charge in [-0.3, -0.25) is 0 Å². The van der Waals surface area contributed by atoms with Crippen LogP contribution in [0, 0.1) is 5.21 Å². The van der Waals surface area contributed by atoms with E-state index in [4.69, 9.17) is 14.2 Å². The fourth-order valence-corrected chi connectivity index (χ4v) is 2.68. The van der Waals surface area contributed by atoms with E-state index in [1.807, 2.05) is 24.3 Å². The maximum Gasteiger partial charge on any atom is 0.224 e. The summed E-state index contributed by atoms with van der Waals surface area (Å²) in [7, 11) is 4.74. The highest BCUT2D eigenvalue weighted by atomic mass is 16.5. The average molecular weight is 337 g/mol. The van der Waals surface area contributed by atoms with Crippen molar-refractivity contribution >= 4 is 23.1 Å². The van der Waals surface area contributed by atoms with Gasteiger partial charge in [0.05, 0.1) is 26.9 Å². The molecule has 0 saturated heterocycles. The molecule has 3 aromatic rings. The third kappa shape index (κ3) is 3.21. The molecule has 128 valence electrons. The van der Waals surface area contributed by atoms with Crippen LogP contribution >= 0.6 is 0 Å². The minimum absolute atomic E-state index is 0.527. The molecule has 25 heavy (non-hydrogen) atoms. The quantitative estimate of drug-likeness (QED) is 0.526. The number of nitrogens with zero attached hydrogens (tertiary/aromatic N) is 1. The fraction of sp³-hybridized carbons (Fsp3) is 0.150. The van der Waals surface area contributed by atoms with Crippen molar-refractivity contribution in [1.82, 2.24) is 0 Å². The van der Waals surface area contributed by atoms with Crippen LogP contribution in [0.15, 0.2) is 48.5 Å². The Morgan fingerprint density at radius 1 is 0.840 bits per heavy atom. The SMILES string of the molecule is COc1cc(OC)c(/C=C/c2ccc3ccccc3[n+]2[O-])c(OC)c1. The molecule has 3 rings (SSSR count). The van der Waals surface area contributed by atoms with Crippen LogP contribution in [0.4, 0.5) is 0 Å². The van der Waals surface area contributed by atoms with Gasteiger partial charge in [0.1, 0.15) is 17.2 Å². The van der Waals surface area contributed by atoms with Gasteiger partial charge in [-0.05, 0) is 18.2 Å². The predicted molar refractivity (Wildman–Crippen MR) is 97.9 cm³/mol. The minimum Gasteiger partial charge on any atom is -0.618 e. The second-order valence-electron chi connectivity index (χ2n) is 5.39. The Labute approximate surface area is 146 Å². The van der Waals surface area contributed by atoms with Gasteiger partial charge < -0.3 is 19.4 Å². The molecule has 1 aromatic heterocycles. The maximum absolute atomic E-state index is 12.5. The average Bonchev–Trinajstić information content (AvgIpc) is 2.67. The number of benzene rings is 2. The first-order valence-corrected chi connectivity index (χ1v) is 7.77. The number of ether oxygens (including phenoxy) is 3. The van der Waals surface area contributed by atoms with Gasteiger partial charge in [0.2, 0.25) is 11.2 Å². The Morgan fingerprint density at radius 3 is 2.16 bits per heavy atom. The van der Waals surface area contributed by atoms with E-state index in [1.165, 1.54) is 0 Å². The number of rotatable bonds is 5. The number of hydrogen-bond acceptors (Lipinski definition) is 4. The summed E-state index contributed by atoms with van der Waals surface area (Å²) in [5, 5.41) is 13.4. The summed E-state index contributed by atoms with van der Waals surface area (Å²) in [6.07, 6.45) is 3.54. The molecule has 0 bridgehead atoms. The normalized spacial score (nSPS) is 11.0. The van der Waals surface area contributed by atoms with Crippen LogP contribution in [-0.2, 0) is 0 Å². The zero-order valence-corrected chi connectivity index (χ0v) is 14.4. The lowest BCUT2D eigenvalue weighted by Crippen LogP contribution is -2.30. The minimum atomic E-state index is 0.527. The van der Waals surface area contributed by atoms with E-state index >= 15 is 0 Å². The summed E-state index contributed by atoms with van der Waals surface area (Å²) < 4.78 is 17.0. The summed E-state index contributed by atoms with van der Waals surface area (Å²) in [6, 6.07) is 14.7. The molecule has 0 N–H and O–H groups in total. The zero-order chi connectivity index (χ0) is 17.8. The predicted octanol–water partition coefficient (Wildman–Crippen LogP) is 3.67. The van der Waals surface area contributed by atoms with Crippen molar-refractivity contribution in [3.63, 3.8) is 0 Å². The van der Waals surface area contributed by atoms with E-state index in [-0.39, 0.29) is 0 Å². The second kappa shape index (κ2) is 7.13. The van der Waals surface area contributed by atoms with Crippen molar-refractivity contribution in [2.24, 2.45) is 0 Å². The Bertz CT molecular complexity index is 909. The van der Waals surface area contributed by atoms with Gasteiger partial charge in [0, 0.05) is 35.7 Å². The molecule has 5 nitrogen and oxygen atoms in total. The van der Waals surface area contributed by atoms with Crippen LogP contribution in [0.3, 0.4) is 0 Å². The van der Waals surface area contributed by atoms with Gasteiger partial charge >= 0.3 is 0 Å². The number of pyridine rings is 1. The van der Waals surface area contributed by atoms with E-state index in [0.717, 1.165) is 15.7 Å². The third-order valence-corrected chi connectivity index (χ3v) is 4.00. The lowest BCUT2D eigenvalue weighted by Gasteiger charge is -2.12. The van der Waals surface area contributed by atoms with Crippen molar-refractivity contribution < 1.29 is 18.9 Å². The Balaban J connectivity index is 2.06. The Morgan fingerprint density at radius 2 is 1.52 bits per heavy atom. The van der Waals surface area contributed by atoms with Crippen molar-refractivity contribution in [3.8, 4) is 17.2 Å². The summed E-state index contributed by atoms with van der Waals surface area (Å²) in [6.45, 7) is 0. The molecule has 0 saturated carbocycles. The molecule has 0 aliphatic carbocycles. The lowest BCUT2D eigenvalue weighted by atomic mass is 10.1. The number of methoxy groups -OCH3 is 3. The number of aromatic nitrogens is 1. The maximum atomic E-state index is 12.5. The first kappa shape index (κ1) is 16.6. The van der Waals surface area contributed by atoms with Gasteiger partial charge in [0.25, 0.3) is 0 Å². The Kier molecular flexibility index (Phi) is 4.75. The van der Waals surface area contributed by atoms with Crippen LogP contribution in [0.2, 0.25) is 0 Å². The van der Waals surface area contributed by atoms with Gasteiger partial charge in [-0.15, -0.1) is 0 Å². The molecular weight excluding hydrogens is 318 g/mol. The first-order valence-electron chi connectivity index (χ1n) is 7.77. The molecule has 0 radical (unpaired) electrons. The van der Waals surface area contributed by atoms with Crippen molar-refractivity contribution in [2.75, 3.05) is 21.3 Å². The summed E-state index contributed by atoms with van der Waals surface area (Å²) in [5.41, 5.74) is 1.89. The topological polar surface area (TPSA) is 54.6 Å². The molecule has 0 unspecified atom stereocenters. The lowest BCUT2D eigenvalue weighted by molar-refractivity contribution is -0.579. The van der Waals surface area contributed by atoms with Crippen LogP contribution < -0.4 is 18.9 Å². The van der Waals surface area contributed by atoms with E-state index in [2.05, 4.69) is 0 Å². The zero-order valence-electron chi connectivity index (χ0n) is 14.4. The molecule has 0 aliphatic heterocycles. The first-order chi connectivity index (χ1) is 12.2. The summed E-state index contributed by atoms with van der Waals surface area (Å²) in [5.74, 6) is 1.84. The van der Waals surface area contributed by atoms with E-state index in [0.29, 0.717) is 28.5 Å². The number of hydrogen-bond donors (Lipinski definition) is 0. The van der Waals surface area contributed by atoms with Gasteiger partial charge in [0.15, 0.2) is 0 Å². The smallest absolute Gasteiger partial charge is 0.224 e. The molecule has 0 fully saturated rings. The van der Waals surface area contributed by atoms with E-state index in [9.17, 15) is 5.21 Å². The molecule has 0 amide bonds. The van der Waals surface area contributed by atoms with Crippen LogP contribution in [0.25, 0.3) is 23.1 Å². The molecule has 0 spiro atoms. The molecule has 0 aliphatic rings. The molecule has 0 atom stereocenters. The fourth-order valence-electron chi connectivity index (χ4n) is 2.68. The number of fused-ring (bicyclic) bond motifs is 1. The molecule has 5 heteroatoms. The summed E-state index contributed by atoms with van der Waals surface area (Å²) >= 11 is 0. The monoisotopic (exact) mass is 337 g/mol. The van der Waals surface area contributed by atoms with Crippen LogP contribution in [0.5, 0.6) is 17.2 Å². The number of para-hydroxylation sites is 1. The van der Waals surface area contributed by atoms with Gasteiger partial charge in [-0.25, -0.2) is 0 Å². The highest BCUT2D eigenvalue weighted by molar-refractivity contribution is 5.79. The van der Waals surface area contributed by atoms with Crippen LogP contribution in [0.1, 0.15) is 11.3 Å².